The van der Waals surface area contributed by atoms with E-state index in [9.17, 15) is 10.2 Å². The monoisotopic (exact) mass is 276 g/mol. The number of nitrogens with zero attached hydrogens (tertiary/aromatic N) is 4. The number of piperazine rings is 1. The zero-order valence-corrected chi connectivity index (χ0v) is 11.2. The maximum Gasteiger partial charge on any atom is 0.266 e. The van der Waals surface area contributed by atoms with E-state index in [4.69, 9.17) is 4.52 Å². The Morgan fingerprint density at radius 3 is 2.65 bits per heavy atom. The third-order valence-electron chi connectivity index (χ3n) is 3.41. The molecular formula is C13H16N4O3. The minimum absolute atomic E-state index is 0.00335. The van der Waals surface area contributed by atoms with E-state index in [1.807, 2.05) is 4.90 Å². The van der Waals surface area contributed by atoms with Crippen molar-refractivity contribution >= 4 is 5.95 Å². The van der Waals surface area contributed by atoms with Gasteiger partial charge in [-0.2, -0.15) is 4.98 Å². The molecule has 106 valence electrons. The molecule has 3 rings (SSSR count). The summed E-state index contributed by atoms with van der Waals surface area (Å²) in [6, 6.07) is 4.19. The van der Waals surface area contributed by atoms with Gasteiger partial charge in [0.15, 0.2) is 0 Å². The van der Waals surface area contributed by atoms with Crippen molar-refractivity contribution in [1.82, 2.24) is 15.0 Å². The van der Waals surface area contributed by atoms with Crippen LogP contribution in [0.5, 0.6) is 11.5 Å². The molecule has 0 saturated carbocycles. The molecule has 1 aliphatic heterocycles. The zero-order valence-electron chi connectivity index (χ0n) is 11.2. The Morgan fingerprint density at radius 1 is 1.15 bits per heavy atom. The second-order valence-electron chi connectivity index (χ2n) is 4.89. The normalized spacial score (nSPS) is 16.6. The average molecular weight is 276 g/mol. The summed E-state index contributed by atoms with van der Waals surface area (Å²) in [4.78, 5) is 8.56. The van der Waals surface area contributed by atoms with Gasteiger partial charge in [0.05, 0.1) is 5.56 Å². The Balaban J connectivity index is 1.85. The van der Waals surface area contributed by atoms with Gasteiger partial charge in [0.1, 0.15) is 11.5 Å². The number of phenols is 2. The van der Waals surface area contributed by atoms with Crippen molar-refractivity contribution in [3.05, 3.63) is 18.2 Å². The lowest BCUT2D eigenvalue weighted by atomic mass is 10.2. The standard InChI is InChI=1S/C13H16N4O3/c1-16-4-6-17(7-5-16)13-14-12(20-15-13)10-8-9(18)2-3-11(10)19/h2-3,8,18-19H,4-7H2,1H3. The summed E-state index contributed by atoms with van der Waals surface area (Å²) < 4.78 is 5.18. The fraction of sp³-hybridized carbons (Fsp3) is 0.385. The molecule has 1 fully saturated rings. The van der Waals surface area contributed by atoms with E-state index in [2.05, 4.69) is 22.1 Å². The van der Waals surface area contributed by atoms with Gasteiger partial charge in [-0.05, 0) is 30.4 Å². The molecular weight excluding hydrogens is 260 g/mol. The molecule has 0 radical (unpaired) electrons. The van der Waals surface area contributed by atoms with Crippen LogP contribution in [-0.2, 0) is 0 Å². The predicted molar refractivity (Wildman–Crippen MR) is 72.8 cm³/mol. The minimum Gasteiger partial charge on any atom is -0.508 e. The molecule has 0 unspecified atom stereocenters. The van der Waals surface area contributed by atoms with Crippen LogP contribution in [0.1, 0.15) is 0 Å². The van der Waals surface area contributed by atoms with Crippen molar-refractivity contribution in [2.75, 3.05) is 38.1 Å². The Morgan fingerprint density at radius 2 is 1.90 bits per heavy atom. The SMILES string of the molecule is CN1CCN(c2noc(-c3cc(O)ccc3O)n2)CC1. The van der Waals surface area contributed by atoms with Crippen molar-refractivity contribution in [3.8, 4) is 23.0 Å². The first-order chi connectivity index (χ1) is 9.63. The molecule has 0 bridgehead atoms. The van der Waals surface area contributed by atoms with E-state index in [1.165, 1.54) is 18.2 Å². The molecule has 0 atom stereocenters. The van der Waals surface area contributed by atoms with Crippen LogP contribution in [0.15, 0.2) is 22.7 Å². The zero-order chi connectivity index (χ0) is 14.1. The Kier molecular flexibility index (Phi) is 3.19. The molecule has 7 nitrogen and oxygen atoms in total. The quantitative estimate of drug-likeness (QED) is 0.788. The molecule has 0 aliphatic carbocycles. The molecule has 1 saturated heterocycles. The van der Waals surface area contributed by atoms with Crippen molar-refractivity contribution in [1.29, 1.82) is 0 Å². The lowest BCUT2D eigenvalue weighted by molar-refractivity contribution is 0.309. The Hall–Kier alpha value is -2.28. The van der Waals surface area contributed by atoms with Crippen LogP contribution in [-0.4, -0.2) is 58.5 Å². The van der Waals surface area contributed by atoms with E-state index in [1.54, 1.807) is 0 Å². The fourth-order valence-electron chi connectivity index (χ4n) is 2.16. The third-order valence-corrected chi connectivity index (χ3v) is 3.41. The van der Waals surface area contributed by atoms with Crippen LogP contribution in [0.3, 0.4) is 0 Å². The van der Waals surface area contributed by atoms with Gasteiger partial charge in [-0.15, -0.1) is 0 Å². The average Bonchev–Trinajstić information content (AvgIpc) is 2.92. The molecule has 1 aromatic carbocycles. The Bertz CT molecular complexity index is 605. The first-order valence-electron chi connectivity index (χ1n) is 6.43. The first kappa shape index (κ1) is 12.7. The highest BCUT2D eigenvalue weighted by Gasteiger charge is 2.20. The number of rotatable bonds is 2. The van der Waals surface area contributed by atoms with Crippen molar-refractivity contribution in [2.45, 2.75) is 0 Å². The number of aromatic hydroxyl groups is 2. The predicted octanol–water partition coefficient (Wildman–Crippen LogP) is 0.900. The number of anilines is 1. The van der Waals surface area contributed by atoms with Crippen LogP contribution in [0, 0.1) is 0 Å². The van der Waals surface area contributed by atoms with Gasteiger partial charge in [0, 0.05) is 26.2 Å². The summed E-state index contributed by atoms with van der Waals surface area (Å²) in [6.45, 7) is 3.56. The lowest BCUT2D eigenvalue weighted by Gasteiger charge is -2.31. The van der Waals surface area contributed by atoms with Crippen molar-refractivity contribution in [3.63, 3.8) is 0 Å². The number of benzene rings is 1. The highest BCUT2D eigenvalue weighted by Crippen LogP contribution is 2.31. The van der Waals surface area contributed by atoms with Gasteiger partial charge < -0.3 is 24.5 Å². The van der Waals surface area contributed by atoms with Crippen LogP contribution >= 0.6 is 0 Å². The van der Waals surface area contributed by atoms with Gasteiger partial charge in [0.25, 0.3) is 11.8 Å². The summed E-state index contributed by atoms with van der Waals surface area (Å²) >= 11 is 0. The fourth-order valence-corrected chi connectivity index (χ4v) is 2.16. The second-order valence-corrected chi connectivity index (χ2v) is 4.89. The van der Waals surface area contributed by atoms with Gasteiger partial charge in [-0.25, -0.2) is 0 Å². The molecule has 1 aromatic heterocycles. The smallest absolute Gasteiger partial charge is 0.266 e. The number of hydrogen-bond donors (Lipinski definition) is 2. The van der Waals surface area contributed by atoms with E-state index in [-0.39, 0.29) is 17.4 Å². The number of hydrogen-bond acceptors (Lipinski definition) is 7. The van der Waals surface area contributed by atoms with E-state index in [0.717, 1.165) is 26.2 Å². The highest BCUT2D eigenvalue weighted by molar-refractivity contribution is 5.65. The number of likely N-dealkylation sites (N-methyl/N-ethyl adjacent to an activating group) is 1. The summed E-state index contributed by atoms with van der Waals surface area (Å²) in [5.41, 5.74) is 0.331. The van der Waals surface area contributed by atoms with Crippen molar-refractivity contribution in [2.24, 2.45) is 0 Å². The molecule has 2 aromatic rings. The van der Waals surface area contributed by atoms with Gasteiger partial charge in [0.2, 0.25) is 0 Å². The largest absolute Gasteiger partial charge is 0.508 e. The van der Waals surface area contributed by atoms with Gasteiger partial charge >= 0.3 is 0 Å². The topological polar surface area (TPSA) is 85.9 Å². The third kappa shape index (κ3) is 2.39. The molecule has 2 heterocycles. The maximum absolute atomic E-state index is 9.78. The van der Waals surface area contributed by atoms with Crippen LogP contribution in [0.25, 0.3) is 11.5 Å². The minimum atomic E-state index is -0.00335. The van der Waals surface area contributed by atoms with Crippen LogP contribution in [0.2, 0.25) is 0 Å². The van der Waals surface area contributed by atoms with Crippen molar-refractivity contribution < 1.29 is 14.7 Å². The van der Waals surface area contributed by atoms with E-state index >= 15 is 0 Å². The summed E-state index contributed by atoms with van der Waals surface area (Å²) in [5, 5.41) is 23.2. The Labute approximate surface area is 116 Å². The molecule has 7 heteroatoms. The summed E-state index contributed by atoms with van der Waals surface area (Å²) in [7, 11) is 2.07. The molecule has 20 heavy (non-hydrogen) atoms. The molecule has 1 aliphatic rings. The van der Waals surface area contributed by atoms with Gasteiger partial charge in [-0.3, -0.25) is 0 Å². The van der Waals surface area contributed by atoms with Crippen LogP contribution < -0.4 is 4.90 Å². The van der Waals surface area contributed by atoms with Crippen LogP contribution in [0.4, 0.5) is 5.95 Å². The molecule has 2 N–H and O–H groups in total. The molecule has 0 spiro atoms. The lowest BCUT2D eigenvalue weighted by Crippen LogP contribution is -2.44. The highest BCUT2D eigenvalue weighted by atomic mass is 16.5. The second kappa shape index (κ2) is 5.01. The maximum atomic E-state index is 9.78. The summed E-state index contributed by atoms with van der Waals surface area (Å²) in [6.07, 6.45) is 0. The summed E-state index contributed by atoms with van der Waals surface area (Å²) in [5.74, 6) is 0.747. The molecule has 0 amide bonds. The number of aromatic nitrogens is 2. The van der Waals surface area contributed by atoms with Gasteiger partial charge in [-0.1, -0.05) is 0 Å². The number of phenolic OH excluding ortho intramolecular Hbond substituents is 2. The van der Waals surface area contributed by atoms with E-state index in [0.29, 0.717) is 11.5 Å². The first-order valence-corrected chi connectivity index (χ1v) is 6.43. The van der Waals surface area contributed by atoms with E-state index < -0.39 is 0 Å².